The third-order valence-electron chi connectivity index (χ3n) is 1.87. The van der Waals surface area contributed by atoms with Gasteiger partial charge in [-0.3, -0.25) is 4.79 Å². The lowest BCUT2D eigenvalue weighted by atomic mass is 10.3. The summed E-state index contributed by atoms with van der Waals surface area (Å²) >= 11 is 6.46. The Morgan fingerprint density at radius 3 is 2.56 bits per heavy atom. The van der Waals surface area contributed by atoms with E-state index in [1.54, 1.807) is 13.0 Å². The zero-order chi connectivity index (χ0) is 12.3. The number of esters is 1. The molecule has 0 aliphatic carbocycles. The maximum atomic E-state index is 11.6. The molecule has 0 aromatic carbocycles. The van der Waals surface area contributed by atoms with Crippen molar-refractivity contribution in [3.8, 4) is 0 Å². The summed E-state index contributed by atoms with van der Waals surface area (Å²) in [5.41, 5.74) is 0.356. The lowest BCUT2D eigenvalue weighted by Gasteiger charge is -2.10. The Balaban J connectivity index is 2.69. The molecule has 2 N–H and O–H groups in total. The van der Waals surface area contributed by atoms with Crippen LogP contribution in [0.4, 0.5) is 0 Å². The molecule has 5 nitrogen and oxygen atoms in total. The van der Waals surface area contributed by atoms with Crippen LogP contribution in [0.5, 0.6) is 0 Å². The van der Waals surface area contributed by atoms with Gasteiger partial charge in [0.25, 0.3) is 5.91 Å². The standard InChI is InChI=1S/C9H10Br2N2O3/c1-4(9(15)16-2)12-8(14)6-3-5(10)7(11)13-6/h3-4,13H,1-2H3,(H,12,14)/t4-/m0/s1. The third-order valence-corrected chi connectivity index (χ3v) is 3.66. The van der Waals surface area contributed by atoms with Crippen molar-refractivity contribution >= 4 is 43.7 Å². The van der Waals surface area contributed by atoms with Crippen LogP contribution in [0, 0.1) is 0 Å². The molecule has 0 unspecified atom stereocenters. The quantitative estimate of drug-likeness (QED) is 0.814. The maximum Gasteiger partial charge on any atom is 0.328 e. The highest BCUT2D eigenvalue weighted by molar-refractivity contribution is 9.13. The first-order valence-electron chi connectivity index (χ1n) is 4.38. The number of methoxy groups -OCH3 is 1. The lowest BCUT2D eigenvalue weighted by molar-refractivity contribution is -0.142. The molecule has 1 aromatic heterocycles. The Morgan fingerprint density at radius 2 is 2.12 bits per heavy atom. The van der Waals surface area contributed by atoms with Crippen molar-refractivity contribution in [3.63, 3.8) is 0 Å². The van der Waals surface area contributed by atoms with Crippen LogP contribution in [0.25, 0.3) is 0 Å². The van der Waals surface area contributed by atoms with Gasteiger partial charge in [0.2, 0.25) is 0 Å². The van der Waals surface area contributed by atoms with E-state index in [0.717, 1.165) is 4.47 Å². The van der Waals surface area contributed by atoms with Crippen molar-refractivity contribution in [2.45, 2.75) is 13.0 Å². The van der Waals surface area contributed by atoms with Gasteiger partial charge in [0.1, 0.15) is 11.7 Å². The summed E-state index contributed by atoms with van der Waals surface area (Å²) in [5.74, 6) is -0.859. The summed E-state index contributed by atoms with van der Waals surface area (Å²) in [6.45, 7) is 1.55. The van der Waals surface area contributed by atoms with Crippen LogP contribution in [-0.2, 0) is 9.53 Å². The number of amides is 1. The van der Waals surface area contributed by atoms with E-state index < -0.39 is 12.0 Å². The highest BCUT2D eigenvalue weighted by Gasteiger charge is 2.18. The number of halogens is 2. The van der Waals surface area contributed by atoms with E-state index in [0.29, 0.717) is 10.3 Å². The van der Waals surface area contributed by atoms with Crippen LogP contribution < -0.4 is 5.32 Å². The molecule has 0 saturated carbocycles. The molecule has 0 radical (unpaired) electrons. The second kappa shape index (κ2) is 5.49. The minimum Gasteiger partial charge on any atom is -0.467 e. The largest absolute Gasteiger partial charge is 0.467 e. The number of hydrogen-bond donors (Lipinski definition) is 2. The molecular weight excluding hydrogens is 344 g/mol. The minimum atomic E-state index is -0.682. The zero-order valence-electron chi connectivity index (χ0n) is 8.64. The lowest BCUT2D eigenvalue weighted by Crippen LogP contribution is -2.39. The van der Waals surface area contributed by atoms with Crippen LogP contribution >= 0.6 is 31.9 Å². The molecule has 1 rings (SSSR count). The summed E-state index contributed by atoms with van der Waals surface area (Å²) in [6.07, 6.45) is 0. The van der Waals surface area contributed by atoms with Gasteiger partial charge in [-0.05, 0) is 44.8 Å². The summed E-state index contributed by atoms with van der Waals surface area (Å²) in [6, 6.07) is 0.932. The normalized spacial score (nSPS) is 12.0. The fraction of sp³-hybridized carbons (Fsp3) is 0.333. The number of aromatic nitrogens is 1. The average Bonchev–Trinajstić information content (AvgIpc) is 2.58. The second-order valence-electron chi connectivity index (χ2n) is 3.06. The molecule has 0 spiro atoms. The van der Waals surface area contributed by atoms with Crippen molar-refractivity contribution in [1.29, 1.82) is 0 Å². The van der Waals surface area contributed by atoms with Crippen molar-refractivity contribution in [3.05, 3.63) is 20.8 Å². The Kier molecular flexibility index (Phi) is 4.55. The van der Waals surface area contributed by atoms with Crippen molar-refractivity contribution in [2.24, 2.45) is 0 Å². The number of hydrogen-bond acceptors (Lipinski definition) is 3. The molecule has 1 heterocycles. The Bertz CT molecular complexity index is 397. The molecule has 1 atom stereocenters. The Labute approximate surface area is 109 Å². The Morgan fingerprint density at radius 1 is 1.50 bits per heavy atom. The molecular formula is C9H10Br2N2O3. The van der Waals surface area contributed by atoms with Crippen molar-refractivity contribution in [1.82, 2.24) is 10.3 Å². The van der Waals surface area contributed by atoms with Gasteiger partial charge in [-0.1, -0.05) is 0 Å². The number of aromatic amines is 1. The second-order valence-corrected chi connectivity index (χ2v) is 4.71. The van der Waals surface area contributed by atoms with E-state index in [9.17, 15) is 9.59 Å². The summed E-state index contributed by atoms with van der Waals surface area (Å²) in [4.78, 5) is 25.5. The first kappa shape index (κ1) is 13.2. The van der Waals surface area contributed by atoms with E-state index in [1.165, 1.54) is 7.11 Å². The average molecular weight is 354 g/mol. The number of rotatable bonds is 3. The molecule has 0 fully saturated rings. The van der Waals surface area contributed by atoms with Gasteiger partial charge in [0, 0.05) is 0 Å². The molecule has 0 bridgehead atoms. The molecule has 16 heavy (non-hydrogen) atoms. The number of nitrogens with one attached hydrogen (secondary N) is 2. The van der Waals surface area contributed by atoms with Gasteiger partial charge in [-0.2, -0.15) is 0 Å². The monoisotopic (exact) mass is 352 g/mol. The molecule has 1 amide bonds. The SMILES string of the molecule is COC(=O)[C@H](C)NC(=O)c1cc(Br)c(Br)[nH]1. The number of carbonyl (C=O) groups excluding carboxylic acids is 2. The fourth-order valence-electron chi connectivity index (χ4n) is 1.04. The van der Waals surface area contributed by atoms with Gasteiger partial charge in [-0.15, -0.1) is 0 Å². The van der Waals surface area contributed by atoms with Crippen LogP contribution in [-0.4, -0.2) is 30.0 Å². The van der Waals surface area contributed by atoms with Gasteiger partial charge < -0.3 is 15.0 Å². The van der Waals surface area contributed by atoms with Crippen LogP contribution in [0.1, 0.15) is 17.4 Å². The molecule has 1 aromatic rings. The number of ether oxygens (including phenoxy) is 1. The summed E-state index contributed by atoms with van der Waals surface area (Å²) in [7, 11) is 1.27. The van der Waals surface area contributed by atoms with Gasteiger partial charge in [0.05, 0.1) is 16.2 Å². The molecule has 0 aliphatic heterocycles. The van der Waals surface area contributed by atoms with E-state index in [-0.39, 0.29) is 5.91 Å². The van der Waals surface area contributed by atoms with Gasteiger partial charge in [0.15, 0.2) is 0 Å². The van der Waals surface area contributed by atoms with Crippen LogP contribution in [0.3, 0.4) is 0 Å². The van der Waals surface area contributed by atoms with E-state index >= 15 is 0 Å². The van der Waals surface area contributed by atoms with Crippen LogP contribution in [0.15, 0.2) is 15.1 Å². The summed E-state index contributed by atoms with van der Waals surface area (Å²) < 4.78 is 5.90. The predicted molar refractivity (Wildman–Crippen MR) is 65.1 cm³/mol. The third kappa shape index (κ3) is 3.08. The number of carbonyl (C=O) groups is 2. The molecule has 0 saturated heterocycles. The highest BCUT2D eigenvalue weighted by Crippen LogP contribution is 2.22. The maximum absolute atomic E-state index is 11.6. The number of H-pyrrole nitrogens is 1. The van der Waals surface area contributed by atoms with E-state index in [4.69, 9.17) is 0 Å². The molecule has 7 heteroatoms. The van der Waals surface area contributed by atoms with E-state index in [1.807, 2.05) is 0 Å². The highest BCUT2D eigenvalue weighted by atomic mass is 79.9. The van der Waals surface area contributed by atoms with Crippen molar-refractivity contribution in [2.75, 3.05) is 7.11 Å². The topological polar surface area (TPSA) is 71.2 Å². The first-order valence-corrected chi connectivity index (χ1v) is 5.97. The predicted octanol–water partition coefficient (Wildman–Crippen LogP) is 1.83. The van der Waals surface area contributed by atoms with Gasteiger partial charge >= 0.3 is 5.97 Å². The zero-order valence-corrected chi connectivity index (χ0v) is 11.8. The van der Waals surface area contributed by atoms with Crippen molar-refractivity contribution < 1.29 is 14.3 Å². The Hall–Kier alpha value is -0.820. The summed E-state index contributed by atoms with van der Waals surface area (Å²) in [5, 5.41) is 2.50. The smallest absolute Gasteiger partial charge is 0.328 e. The molecule has 88 valence electrons. The first-order chi connectivity index (χ1) is 7.45. The van der Waals surface area contributed by atoms with Gasteiger partial charge in [-0.25, -0.2) is 4.79 Å². The van der Waals surface area contributed by atoms with E-state index in [2.05, 4.69) is 46.9 Å². The van der Waals surface area contributed by atoms with Crippen LogP contribution in [0.2, 0.25) is 0 Å². The fourth-order valence-corrected chi connectivity index (χ4v) is 1.69. The minimum absolute atomic E-state index is 0.356. The molecule has 0 aliphatic rings.